The maximum atomic E-state index is 12.5. The number of ether oxygens (including phenoxy) is 1. The molecule has 0 bridgehead atoms. The number of aryl methyl sites for hydroxylation is 2. The minimum atomic E-state index is -0.420. The van der Waals surface area contributed by atoms with Gasteiger partial charge in [0.1, 0.15) is 5.00 Å². The highest BCUT2D eigenvalue weighted by Gasteiger charge is 2.19. The highest BCUT2D eigenvalue weighted by molar-refractivity contribution is 7.99. The van der Waals surface area contributed by atoms with Crippen LogP contribution < -0.4 is 5.32 Å². The van der Waals surface area contributed by atoms with Crippen molar-refractivity contribution in [1.82, 2.24) is 14.8 Å². The average molecular weight is 465 g/mol. The summed E-state index contributed by atoms with van der Waals surface area (Å²) in [5.74, 6) is 0.321. The number of nitrogens with one attached hydrogen (secondary N) is 1. The number of thiophene rings is 2. The van der Waals surface area contributed by atoms with Gasteiger partial charge in [-0.15, -0.1) is 32.9 Å². The highest BCUT2D eigenvalue weighted by Crippen LogP contribution is 2.30. The molecule has 1 amide bonds. The van der Waals surface area contributed by atoms with E-state index in [-0.39, 0.29) is 18.3 Å². The van der Waals surface area contributed by atoms with Gasteiger partial charge in [-0.1, -0.05) is 25.6 Å². The van der Waals surface area contributed by atoms with Crippen LogP contribution in [-0.4, -0.2) is 39.0 Å². The Hall–Kier alpha value is -2.17. The van der Waals surface area contributed by atoms with Crippen molar-refractivity contribution in [3.8, 4) is 11.4 Å². The third-order valence-corrected chi connectivity index (χ3v) is 7.60. The fourth-order valence-corrected chi connectivity index (χ4v) is 5.26. The third kappa shape index (κ3) is 5.11. The summed E-state index contributed by atoms with van der Waals surface area (Å²) in [5, 5.41) is 14.6. The topological polar surface area (TPSA) is 86.1 Å². The smallest absolute Gasteiger partial charge is 0.341 e. The predicted molar refractivity (Wildman–Crippen MR) is 123 cm³/mol. The molecular formula is C20H24N4O3S3. The second kappa shape index (κ2) is 10.2. The lowest BCUT2D eigenvalue weighted by atomic mass is 10.2. The number of hydrogen-bond donors (Lipinski definition) is 1. The Labute approximate surface area is 187 Å². The van der Waals surface area contributed by atoms with Crippen LogP contribution in [0.2, 0.25) is 0 Å². The molecule has 0 saturated heterocycles. The van der Waals surface area contributed by atoms with Crippen molar-refractivity contribution in [2.24, 2.45) is 7.05 Å². The summed E-state index contributed by atoms with van der Waals surface area (Å²) in [5.41, 5.74) is 1.44. The van der Waals surface area contributed by atoms with Crippen molar-refractivity contribution in [1.29, 1.82) is 0 Å². The molecule has 7 nitrogen and oxygen atoms in total. The second-order valence-electron chi connectivity index (χ2n) is 6.39. The molecule has 0 radical (unpaired) electrons. The van der Waals surface area contributed by atoms with E-state index < -0.39 is 5.97 Å². The third-order valence-electron chi connectivity index (χ3n) is 4.31. The van der Waals surface area contributed by atoms with E-state index in [0.29, 0.717) is 15.7 Å². The standard InChI is InChI=1S/C20H24N4O3S3/c1-5-13-8-12(10-28-13)17-22-23-20(24(17)4)29-11-16(25)21-18-15(19(26)27-7-3)9-14(6-2)30-18/h8-10H,5-7,11H2,1-4H3,(H,21,25). The minimum Gasteiger partial charge on any atom is -0.462 e. The Balaban J connectivity index is 1.65. The number of rotatable bonds is 9. The van der Waals surface area contributed by atoms with Crippen molar-refractivity contribution in [3.63, 3.8) is 0 Å². The fraction of sp³-hybridized carbons (Fsp3) is 0.400. The normalized spacial score (nSPS) is 10.9. The van der Waals surface area contributed by atoms with Gasteiger partial charge >= 0.3 is 5.97 Å². The van der Waals surface area contributed by atoms with Gasteiger partial charge < -0.3 is 14.6 Å². The molecule has 0 aromatic carbocycles. The predicted octanol–water partition coefficient (Wildman–Crippen LogP) is 4.64. The SMILES string of the molecule is CCOC(=O)c1cc(CC)sc1NC(=O)CSc1nnc(-c2csc(CC)c2)n1C. The van der Waals surface area contributed by atoms with E-state index in [2.05, 4.69) is 33.9 Å². The molecule has 0 aliphatic heterocycles. The van der Waals surface area contributed by atoms with Gasteiger partial charge in [-0.25, -0.2) is 4.79 Å². The summed E-state index contributed by atoms with van der Waals surface area (Å²) >= 11 is 4.41. The first-order valence-corrected chi connectivity index (χ1v) is 12.3. The maximum Gasteiger partial charge on any atom is 0.341 e. The van der Waals surface area contributed by atoms with Gasteiger partial charge in [0.05, 0.1) is 17.9 Å². The summed E-state index contributed by atoms with van der Waals surface area (Å²) in [6.45, 7) is 6.17. The Morgan fingerprint density at radius 2 is 1.93 bits per heavy atom. The highest BCUT2D eigenvalue weighted by atomic mass is 32.2. The van der Waals surface area contributed by atoms with Crippen LogP contribution in [-0.2, 0) is 29.4 Å². The zero-order chi connectivity index (χ0) is 21.7. The van der Waals surface area contributed by atoms with E-state index in [1.54, 1.807) is 24.3 Å². The Morgan fingerprint density at radius 1 is 1.17 bits per heavy atom. The summed E-state index contributed by atoms with van der Waals surface area (Å²) < 4.78 is 6.99. The average Bonchev–Trinajstić information content (AvgIpc) is 3.45. The zero-order valence-electron chi connectivity index (χ0n) is 17.4. The molecule has 0 saturated carbocycles. The van der Waals surface area contributed by atoms with Crippen molar-refractivity contribution in [2.75, 3.05) is 17.7 Å². The first-order chi connectivity index (χ1) is 14.5. The van der Waals surface area contributed by atoms with Gasteiger partial charge in [0, 0.05) is 27.7 Å². The van der Waals surface area contributed by atoms with Crippen molar-refractivity contribution < 1.29 is 14.3 Å². The number of carbonyl (C=O) groups is 2. The zero-order valence-corrected chi connectivity index (χ0v) is 19.8. The van der Waals surface area contributed by atoms with Gasteiger partial charge in [0.25, 0.3) is 0 Å². The van der Waals surface area contributed by atoms with E-state index in [0.717, 1.165) is 29.1 Å². The molecule has 3 heterocycles. The molecule has 3 rings (SSSR count). The number of nitrogens with zero attached hydrogens (tertiary/aromatic N) is 3. The van der Waals surface area contributed by atoms with Gasteiger partial charge in [0.2, 0.25) is 5.91 Å². The number of thioether (sulfide) groups is 1. The lowest BCUT2D eigenvalue weighted by Crippen LogP contribution is -2.16. The fourth-order valence-electron chi connectivity index (χ4n) is 2.74. The van der Waals surface area contributed by atoms with Crippen molar-refractivity contribution >= 4 is 51.3 Å². The first-order valence-electron chi connectivity index (χ1n) is 9.66. The molecule has 0 atom stereocenters. The van der Waals surface area contributed by atoms with Crippen molar-refractivity contribution in [3.05, 3.63) is 32.8 Å². The number of esters is 1. The van der Waals surface area contributed by atoms with Gasteiger partial charge in [0.15, 0.2) is 11.0 Å². The van der Waals surface area contributed by atoms with Crippen LogP contribution in [0.25, 0.3) is 11.4 Å². The summed E-state index contributed by atoms with van der Waals surface area (Å²) in [6, 6.07) is 3.90. The lowest BCUT2D eigenvalue weighted by molar-refractivity contribution is -0.113. The monoisotopic (exact) mass is 464 g/mol. The van der Waals surface area contributed by atoms with Crippen molar-refractivity contribution in [2.45, 2.75) is 38.8 Å². The molecule has 0 unspecified atom stereocenters. The Morgan fingerprint density at radius 3 is 2.60 bits per heavy atom. The van der Waals surface area contributed by atoms with E-state index in [1.165, 1.54) is 28.0 Å². The Kier molecular flexibility index (Phi) is 7.68. The van der Waals surface area contributed by atoms with Crippen LogP contribution in [0.5, 0.6) is 0 Å². The molecule has 3 aromatic rings. The molecule has 0 aliphatic carbocycles. The number of aromatic nitrogens is 3. The van der Waals surface area contributed by atoms with E-state index in [4.69, 9.17) is 4.74 Å². The maximum absolute atomic E-state index is 12.5. The molecule has 0 aliphatic rings. The van der Waals surface area contributed by atoms with Crippen LogP contribution in [0.15, 0.2) is 22.7 Å². The minimum absolute atomic E-state index is 0.164. The number of hydrogen-bond acceptors (Lipinski definition) is 8. The quantitative estimate of drug-likeness (QED) is 0.367. The van der Waals surface area contributed by atoms with Crippen LogP contribution in [0.1, 0.15) is 40.9 Å². The number of anilines is 1. The molecule has 160 valence electrons. The lowest BCUT2D eigenvalue weighted by Gasteiger charge is -2.06. The Bertz CT molecular complexity index is 1040. The van der Waals surface area contributed by atoms with Gasteiger partial charge in [-0.05, 0) is 31.9 Å². The van der Waals surface area contributed by atoms with Crippen LogP contribution in [0.4, 0.5) is 5.00 Å². The number of carbonyl (C=O) groups excluding carboxylic acids is 2. The van der Waals surface area contributed by atoms with Gasteiger partial charge in [-0.3, -0.25) is 4.79 Å². The molecular weight excluding hydrogens is 440 g/mol. The van der Waals surface area contributed by atoms with Gasteiger partial charge in [-0.2, -0.15) is 0 Å². The summed E-state index contributed by atoms with van der Waals surface area (Å²) in [7, 11) is 1.89. The molecule has 3 aromatic heterocycles. The van der Waals surface area contributed by atoms with E-state index in [1.807, 2.05) is 18.5 Å². The molecule has 1 N–H and O–H groups in total. The summed E-state index contributed by atoms with van der Waals surface area (Å²) in [4.78, 5) is 27.0. The molecule has 0 spiro atoms. The molecule has 0 fully saturated rings. The number of amides is 1. The van der Waals surface area contributed by atoms with Crippen LogP contribution in [0, 0.1) is 0 Å². The molecule has 10 heteroatoms. The first kappa shape index (κ1) is 22.5. The van der Waals surface area contributed by atoms with E-state index in [9.17, 15) is 9.59 Å². The van der Waals surface area contributed by atoms with E-state index >= 15 is 0 Å². The largest absolute Gasteiger partial charge is 0.462 e. The summed E-state index contributed by atoms with van der Waals surface area (Å²) in [6.07, 6.45) is 1.77. The van der Waals surface area contributed by atoms with Crippen LogP contribution in [0.3, 0.4) is 0 Å². The second-order valence-corrected chi connectivity index (χ2v) is 9.46. The molecule has 30 heavy (non-hydrogen) atoms. The van der Waals surface area contributed by atoms with Crippen LogP contribution >= 0.6 is 34.4 Å².